The lowest BCUT2D eigenvalue weighted by Gasteiger charge is -2.37. The van der Waals surface area contributed by atoms with E-state index in [-0.39, 0.29) is 59.9 Å². The minimum Gasteiger partial charge on any atom is -0.483 e. The Hall–Kier alpha value is -8.17. The van der Waals surface area contributed by atoms with E-state index in [2.05, 4.69) is 32.3 Å². The molecule has 0 bridgehead atoms. The number of pyridine rings is 2. The number of urea groups is 1. The minimum absolute atomic E-state index is 0.00628. The average Bonchev–Trinajstić information content (AvgIpc) is 3.62. The largest absolute Gasteiger partial charge is 0.483 e. The first-order valence-electron chi connectivity index (χ1n) is 24.4. The number of anilines is 2. The summed E-state index contributed by atoms with van der Waals surface area (Å²) < 4.78 is 13.7. The topological polar surface area (TPSA) is 234 Å². The van der Waals surface area contributed by atoms with Gasteiger partial charge in [-0.05, 0) is 131 Å². The Labute approximate surface area is 423 Å². The second-order valence-corrected chi connectivity index (χ2v) is 19.8. The lowest BCUT2D eigenvalue weighted by molar-refractivity contribution is -0.136. The third-order valence-corrected chi connectivity index (χ3v) is 13.6. The summed E-state index contributed by atoms with van der Waals surface area (Å²) in [7, 11) is 1.71. The van der Waals surface area contributed by atoms with Gasteiger partial charge in [-0.2, -0.15) is 5.26 Å². The molecule has 3 aromatic carbocycles. The van der Waals surface area contributed by atoms with Crippen molar-refractivity contribution in [3.63, 3.8) is 0 Å². The van der Waals surface area contributed by atoms with Crippen molar-refractivity contribution in [3.05, 3.63) is 142 Å². The Morgan fingerprint density at radius 2 is 1.59 bits per heavy atom. The van der Waals surface area contributed by atoms with Crippen molar-refractivity contribution in [2.45, 2.75) is 108 Å². The Morgan fingerprint density at radius 1 is 0.863 bits per heavy atom. The fraction of sp³-hybridized carbons (Fsp3) is 0.364. The predicted octanol–water partition coefficient (Wildman–Crippen LogP) is 6.48. The maximum Gasteiger partial charge on any atom is 0.322 e. The number of hydrogen-bond acceptors (Lipinski definition) is 12. The van der Waals surface area contributed by atoms with E-state index in [1.165, 1.54) is 28.8 Å². The molecule has 3 aliphatic rings. The molecular formula is C55H59N9O9. The molecule has 4 heterocycles. The number of rotatable bonds is 17. The number of piperidine rings is 1. The van der Waals surface area contributed by atoms with Gasteiger partial charge in [0.2, 0.25) is 17.4 Å². The number of amides is 7. The summed E-state index contributed by atoms with van der Waals surface area (Å²) in [6, 6.07) is 27.9. The van der Waals surface area contributed by atoms with Gasteiger partial charge in [0.1, 0.15) is 23.7 Å². The third-order valence-electron chi connectivity index (χ3n) is 13.6. The highest BCUT2D eigenvalue weighted by Crippen LogP contribution is 2.35. The molecule has 18 heteroatoms. The zero-order valence-corrected chi connectivity index (χ0v) is 41.5. The van der Waals surface area contributed by atoms with Gasteiger partial charge < -0.3 is 30.0 Å². The molecule has 2 fully saturated rings. The molecular weight excluding hydrogens is 931 g/mol. The number of imide groups is 2. The normalized spacial score (nSPS) is 17.8. The number of ether oxygens (including phenoxy) is 2. The number of aryl methyl sites for hydroxylation is 1. The van der Waals surface area contributed by atoms with Gasteiger partial charge in [0, 0.05) is 68.4 Å². The van der Waals surface area contributed by atoms with Crippen LogP contribution in [0.3, 0.4) is 0 Å². The third kappa shape index (κ3) is 12.0. The number of fused-ring (bicyclic) bond motifs is 1. The molecule has 18 nitrogen and oxygen atoms in total. The maximum atomic E-state index is 14.2. The number of aromatic nitrogens is 2. The van der Waals surface area contributed by atoms with Crippen LogP contribution in [-0.4, -0.2) is 86.9 Å². The van der Waals surface area contributed by atoms with Crippen LogP contribution in [-0.2, 0) is 38.3 Å². The molecule has 7 amide bonds. The lowest BCUT2D eigenvalue weighted by Crippen LogP contribution is -2.54. The second-order valence-electron chi connectivity index (χ2n) is 19.8. The smallest absolute Gasteiger partial charge is 0.322 e. The molecule has 0 radical (unpaired) electrons. The number of nitrogens with zero attached hydrogens (tertiary/aromatic N) is 5. The molecule has 378 valence electrons. The number of carbonyl (C=O) groups is 6. The van der Waals surface area contributed by atoms with Crippen LogP contribution in [0.5, 0.6) is 5.75 Å². The fourth-order valence-electron chi connectivity index (χ4n) is 9.46. The van der Waals surface area contributed by atoms with Crippen molar-refractivity contribution < 1.29 is 38.2 Å². The fourth-order valence-corrected chi connectivity index (χ4v) is 9.46. The van der Waals surface area contributed by atoms with Crippen LogP contribution in [0.15, 0.2) is 108 Å². The van der Waals surface area contributed by atoms with Gasteiger partial charge >= 0.3 is 6.03 Å². The van der Waals surface area contributed by atoms with E-state index in [0.29, 0.717) is 24.4 Å². The highest BCUT2D eigenvalue weighted by Gasteiger charge is 2.46. The Morgan fingerprint density at radius 3 is 2.26 bits per heavy atom. The molecule has 73 heavy (non-hydrogen) atoms. The lowest BCUT2D eigenvalue weighted by atomic mass is 9.89. The van der Waals surface area contributed by atoms with Gasteiger partial charge in [-0.15, -0.1) is 0 Å². The van der Waals surface area contributed by atoms with Crippen LogP contribution in [0.4, 0.5) is 16.3 Å². The van der Waals surface area contributed by atoms with Crippen molar-refractivity contribution in [2.24, 2.45) is 7.05 Å². The van der Waals surface area contributed by atoms with Gasteiger partial charge in [-0.25, -0.2) is 9.78 Å². The van der Waals surface area contributed by atoms with Crippen LogP contribution in [0, 0.1) is 11.3 Å². The van der Waals surface area contributed by atoms with Crippen molar-refractivity contribution in [1.82, 2.24) is 30.4 Å². The molecule has 4 N–H and O–H groups in total. The van der Waals surface area contributed by atoms with Crippen LogP contribution in [0.1, 0.15) is 110 Å². The van der Waals surface area contributed by atoms with E-state index in [9.17, 15) is 33.6 Å². The maximum absolute atomic E-state index is 14.2. The number of nitriles is 1. The SMILES string of the molecule is Cn1cc(-c2ccc(N(C(=O)NCc3ccc(C(C)(C)OCCC(C)(C)NC(=O)COc4cccc5c4C(=O)N(C4CCC(=O)NC4=O)C5=O)cc3)[C@H]3CC[C@H](Nc4ccc(C#N)cn4)CC3)cc2)ccc1=O. The summed E-state index contributed by atoms with van der Waals surface area (Å²) in [5.41, 5.74) is 3.37. The first kappa shape index (κ1) is 51.2. The number of benzene rings is 3. The summed E-state index contributed by atoms with van der Waals surface area (Å²) in [6.45, 7) is 7.77. The molecule has 2 aliphatic heterocycles. The van der Waals surface area contributed by atoms with Gasteiger partial charge in [-0.1, -0.05) is 42.5 Å². The highest BCUT2D eigenvalue weighted by molar-refractivity contribution is 6.24. The molecule has 8 rings (SSSR count). The molecule has 1 saturated carbocycles. The predicted molar refractivity (Wildman–Crippen MR) is 271 cm³/mol. The molecule has 1 atom stereocenters. The number of carbonyl (C=O) groups excluding carboxylic acids is 6. The zero-order valence-electron chi connectivity index (χ0n) is 41.5. The van der Waals surface area contributed by atoms with Crippen LogP contribution < -0.4 is 36.5 Å². The van der Waals surface area contributed by atoms with Crippen LogP contribution in [0.25, 0.3) is 11.1 Å². The zero-order chi connectivity index (χ0) is 52.0. The van der Waals surface area contributed by atoms with Gasteiger partial charge in [-0.3, -0.25) is 43.9 Å². The first-order valence-corrected chi connectivity index (χ1v) is 24.4. The quantitative estimate of drug-likeness (QED) is 0.0734. The Bertz CT molecular complexity index is 3010. The molecule has 1 saturated heterocycles. The van der Waals surface area contributed by atoms with E-state index >= 15 is 0 Å². The standard InChI is InChI=1S/C55H59N9O9/c1-54(2,61-47(66)33-72-44-8-6-7-42-49(44)52(70)64(51(42)69)43-23-25-46(65)60-50(43)68)27-28-73-55(3,4)38-15-9-34(10-16-38)30-58-53(71)63(40-19-12-36(13-20-40)37-14-26-48(67)62(5)32-37)41-21-17-39(18-22-41)59-45-24-11-35(29-56)31-57-45/h6-16,19-20,24,26,31-32,39,41,43H,17-18,21-23,25,27-28,30,33H2,1-5H3,(H,57,59)(H,58,71)(H,61,66)(H,60,65,68)/t39-,41-,43?. The van der Waals surface area contributed by atoms with Gasteiger partial charge in [0.15, 0.2) is 6.61 Å². The molecule has 1 aliphatic carbocycles. The average molecular weight is 990 g/mol. The Kier molecular flexibility index (Phi) is 15.2. The summed E-state index contributed by atoms with van der Waals surface area (Å²) in [5.74, 6) is -2.31. The van der Waals surface area contributed by atoms with Crippen LogP contribution in [0.2, 0.25) is 0 Å². The van der Waals surface area contributed by atoms with E-state index in [0.717, 1.165) is 58.5 Å². The van der Waals surface area contributed by atoms with E-state index in [1.807, 2.05) is 87.2 Å². The van der Waals surface area contributed by atoms with Crippen molar-refractivity contribution >= 4 is 47.1 Å². The summed E-state index contributed by atoms with van der Waals surface area (Å²) in [6.07, 6.45) is 6.94. The summed E-state index contributed by atoms with van der Waals surface area (Å²) >= 11 is 0. The molecule has 2 aromatic heterocycles. The van der Waals surface area contributed by atoms with Crippen molar-refractivity contribution in [1.29, 1.82) is 5.26 Å². The van der Waals surface area contributed by atoms with E-state index in [1.54, 1.807) is 31.6 Å². The molecule has 5 aromatic rings. The first-order chi connectivity index (χ1) is 34.9. The second kappa shape index (κ2) is 21.7. The van der Waals surface area contributed by atoms with E-state index < -0.39 is 53.3 Å². The van der Waals surface area contributed by atoms with Crippen LogP contribution >= 0.6 is 0 Å². The van der Waals surface area contributed by atoms with Gasteiger partial charge in [0.05, 0.1) is 22.3 Å². The van der Waals surface area contributed by atoms with Gasteiger partial charge in [0.25, 0.3) is 17.7 Å². The molecule has 0 spiro atoms. The summed E-state index contributed by atoms with van der Waals surface area (Å²) in [5, 5.41) is 20.9. The molecule has 1 unspecified atom stereocenters. The number of nitrogens with one attached hydrogen (secondary N) is 4. The number of hydrogen-bond donors (Lipinski definition) is 4. The Balaban J connectivity index is 0.836. The summed E-state index contributed by atoms with van der Waals surface area (Å²) in [4.78, 5) is 97.4. The minimum atomic E-state index is -1.13. The highest BCUT2D eigenvalue weighted by atomic mass is 16.5. The van der Waals surface area contributed by atoms with Crippen molar-refractivity contribution in [2.75, 3.05) is 23.4 Å². The van der Waals surface area contributed by atoms with Crippen molar-refractivity contribution in [3.8, 4) is 22.9 Å². The monoisotopic (exact) mass is 989 g/mol. The van der Waals surface area contributed by atoms with E-state index in [4.69, 9.17) is 14.7 Å².